The molecule has 1 saturated heterocycles. The van der Waals surface area contributed by atoms with Crippen LogP contribution in [0.15, 0.2) is 33.6 Å². The third kappa shape index (κ3) is 3.94. The number of rotatable bonds is 5. The highest BCUT2D eigenvalue weighted by Gasteiger charge is 2.32. The monoisotopic (exact) mass is 406 g/mol. The maximum absolute atomic E-state index is 12.9. The van der Waals surface area contributed by atoms with E-state index in [9.17, 15) is 13.2 Å². The minimum absolute atomic E-state index is 0.0416. The van der Waals surface area contributed by atoms with E-state index in [1.807, 2.05) is 13.8 Å². The molecule has 1 aliphatic carbocycles. The van der Waals surface area contributed by atoms with Gasteiger partial charge in [0.15, 0.2) is 0 Å². The number of carbonyl (C=O) groups excluding carboxylic acids is 1. The van der Waals surface area contributed by atoms with E-state index in [0.29, 0.717) is 30.5 Å². The molecule has 10 heteroatoms. The molecule has 1 N–H and O–H groups in total. The van der Waals surface area contributed by atoms with Crippen LogP contribution < -0.4 is 5.32 Å². The molecule has 9 nitrogen and oxygen atoms in total. The summed E-state index contributed by atoms with van der Waals surface area (Å²) in [6.45, 7) is 4.29. The molecule has 2 heterocycles. The first kappa shape index (κ1) is 19.0. The average Bonchev–Trinajstić information content (AvgIpc) is 3.40. The van der Waals surface area contributed by atoms with Gasteiger partial charge in [0.05, 0.1) is 17.1 Å². The van der Waals surface area contributed by atoms with Gasteiger partial charge in [-0.25, -0.2) is 8.42 Å². The fraction of sp³-hybridized carbons (Fsp3) is 0.500. The zero-order chi connectivity index (χ0) is 19.9. The normalized spacial score (nSPS) is 23.5. The summed E-state index contributed by atoms with van der Waals surface area (Å²) >= 11 is 0. The Balaban J connectivity index is 1.45. The van der Waals surface area contributed by atoms with Crippen LogP contribution in [-0.4, -0.2) is 54.1 Å². The number of carbonyl (C=O) groups is 1. The molecule has 1 aromatic heterocycles. The predicted molar refractivity (Wildman–Crippen MR) is 99.4 cm³/mol. The number of benzene rings is 1. The average molecular weight is 406 g/mol. The minimum Gasteiger partial charge on any atom is -0.408 e. The maximum atomic E-state index is 12.9. The highest BCUT2D eigenvalue weighted by Crippen LogP contribution is 2.39. The van der Waals surface area contributed by atoms with Gasteiger partial charge >= 0.3 is 6.01 Å². The lowest BCUT2D eigenvalue weighted by Crippen LogP contribution is -2.48. The van der Waals surface area contributed by atoms with Crippen molar-refractivity contribution in [3.05, 3.63) is 35.7 Å². The van der Waals surface area contributed by atoms with Crippen LogP contribution >= 0.6 is 0 Å². The third-order valence-corrected chi connectivity index (χ3v) is 6.57. The van der Waals surface area contributed by atoms with Crippen molar-refractivity contribution in [3.8, 4) is 0 Å². The number of hydrogen-bond donors (Lipinski definition) is 1. The van der Waals surface area contributed by atoms with Gasteiger partial charge in [-0.3, -0.25) is 10.1 Å². The summed E-state index contributed by atoms with van der Waals surface area (Å²) in [4.78, 5) is 12.5. The van der Waals surface area contributed by atoms with E-state index in [-0.39, 0.29) is 23.1 Å². The number of nitrogens with one attached hydrogen (secondary N) is 1. The van der Waals surface area contributed by atoms with Crippen LogP contribution in [0.4, 0.5) is 6.01 Å². The molecular formula is C18H22N4O5S. The molecule has 1 saturated carbocycles. The molecule has 0 unspecified atom stereocenters. The topological polar surface area (TPSA) is 115 Å². The number of amides is 1. The quantitative estimate of drug-likeness (QED) is 0.807. The second-order valence-electron chi connectivity index (χ2n) is 7.28. The van der Waals surface area contributed by atoms with Crippen LogP contribution in [0.25, 0.3) is 0 Å². The van der Waals surface area contributed by atoms with Crippen molar-refractivity contribution in [2.45, 2.75) is 49.7 Å². The van der Waals surface area contributed by atoms with E-state index in [0.717, 1.165) is 12.8 Å². The number of ether oxygens (including phenoxy) is 1. The lowest BCUT2D eigenvalue weighted by Gasteiger charge is -2.34. The summed E-state index contributed by atoms with van der Waals surface area (Å²) in [6, 6.07) is 5.83. The molecule has 1 aliphatic heterocycles. The van der Waals surface area contributed by atoms with Crippen molar-refractivity contribution in [1.29, 1.82) is 0 Å². The summed E-state index contributed by atoms with van der Waals surface area (Å²) in [7, 11) is -3.65. The van der Waals surface area contributed by atoms with Crippen LogP contribution in [0.5, 0.6) is 0 Å². The van der Waals surface area contributed by atoms with E-state index in [2.05, 4.69) is 15.5 Å². The predicted octanol–water partition coefficient (Wildman–Crippen LogP) is 2.00. The second-order valence-corrected chi connectivity index (χ2v) is 9.22. The Hall–Kier alpha value is -2.30. The standard InChI is InChI=1S/C18H22N4O5S/c1-11-9-22(10-12(2)26-11)28(24,25)15-7-5-13(6-8-15)16(23)19-18-21-20-17(27-18)14-3-4-14/h5-8,11-12,14H,3-4,9-10H2,1-2H3,(H,19,21,23)/t11-,12-/m0/s1. The molecule has 0 radical (unpaired) electrons. The molecular weight excluding hydrogens is 384 g/mol. The highest BCUT2D eigenvalue weighted by atomic mass is 32.2. The molecule has 2 atom stereocenters. The van der Waals surface area contributed by atoms with Gasteiger partial charge in [-0.05, 0) is 51.0 Å². The van der Waals surface area contributed by atoms with Crippen molar-refractivity contribution in [1.82, 2.24) is 14.5 Å². The lowest BCUT2D eigenvalue weighted by molar-refractivity contribution is -0.0440. The van der Waals surface area contributed by atoms with Crippen molar-refractivity contribution < 1.29 is 22.4 Å². The summed E-state index contributed by atoms with van der Waals surface area (Å²) in [6.07, 6.45) is 1.70. The fourth-order valence-electron chi connectivity index (χ4n) is 3.20. The number of sulfonamides is 1. The van der Waals surface area contributed by atoms with Gasteiger partial charge in [-0.15, -0.1) is 5.10 Å². The van der Waals surface area contributed by atoms with Crippen molar-refractivity contribution >= 4 is 21.9 Å². The summed E-state index contributed by atoms with van der Waals surface area (Å²) in [5.41, 5.74) is 0.300. The molecule has 2 aromatic rings. The second kappa shape index (κ2) is 7.26. The SMILES string of the molecule is C[C@H]1CN(S(=O)(=O)c2ccc(C(=O)Nc3nnc(C4CC4)o3)cc2)C[C@H](C)O1. The Labute approximate surface area is 163 Å². The Bertz CT molecular complexity index is 958. The largest absolute Gasteiger partial charge is 0.408 e. The van der Waals surface area contributed by atoms with Gasteiger partial charge in [0.2, 0.25) is 15.9 Å². The van der Waals surface area contributed by atoms with Gasteiger partial charge in [-0.2, -0.15) is 4.31 Å². The van der Waals surface area contributed by atoms with Crippen LogP contribution in [0.1, 0.15) is 48.9 Å². The number of hydrogen-bond acceptors (Lipinski definition) is 7. The molecule has 1 aromatic carbocycles. The summed E-state index contributed by atoms with van der Waals surface area (Å²) in [5.74, 6) is 0.391. The summed E-state index contributed by atoms with van der Waals surface area (Å²) < 4.78 is 38.1. The van der Waals surface area contributed by atoms with Crippen LogP contribution in [0, 0.1) is 0 Å². The zero-order valence-corrected chi connectivity index (χ0v) is 16.5. The van der Waals surface area contributed by atoms with Gasteiger partial charge in [0, 0.05) is 24.6 Å². The van der Waals surface area contributed by atoms with E-state index in [1.165, 1.54) is 28.6 Å². The Morgan fingerprint density at radius 2 is 1.75 bits per heavy atom. The lowest BCUT2D eigenvalue weighted by atomic mass is 10.2. The molecule has 0 bridgehead atoms. The zero-order valence-electron chi connectivity index (χ0n) is 15.7. The first-order chi connectivity index (χ1) is 13.3. The smallest absolute Gasteiger partial charge is 0.322 e. The number of aromatic nitrogens is 2. The number of morpholine rings is 1. The van der Waals surface area contributed by atoms with Gasteiger partial charge < -0.3 is 9.15 Å². The van der Waals surface area contributed by atoms with E-state index in [4.69, 9.17) is 9.15 Å². The Morgan fingerprint density at radius 3 is 2.36 bits per heavy atom. The summed E-state index contributed by atoms with van der Waals surface area (Å²) in [5, 5.41) is 10.3. The Morgan fingerprint density at radius 1 is 1.11 bits per heavy atom. The van der Waals surface area contributed by atoms with Gasteiger partial charge in [-0.1, -0.05) is 5.10 Å². The van der Waals surface area contributed by atoms with Crippen molar-refractivity contribution in [2.75, 3.05) is 18.4 Å². The van der Waals surface area contributed by atoms with Crippen LogP contribution in [-0.2, 0) is 14.8 Å². The highest BCUT2D eigenvalue weighted by molar-refractivity contribution is 7.89. The van der Waals surface area contributed by atoms with E-state index < -0.39 is 15.9 Å². The first-order valence-corrected chi connectivity index (χ1v) is 10.7. The van der Waals surface area contributed by atoms with E-state index >= 15 is 0 Å². The molecule has 1 amide bonds. The molecule has 2 aliphatic rings. The minimum atomic E-state index is -3.65. The Kier molecular flexibility index (Phi) is 4.94. The fourth-order valence-corrected chi connectivity index (χ4v) is 4.79. The van der Waals surface area contributed by atoms with Gasteiger partial charge in [0.1, 0.15) is 0 Å². The molecule has 2 fully saturated rings. The van der Waals surface area contributed by atoms with Crippen molar-refractivity contribution in [3.63, 3.8) is 0 Å². The molecule has 150 valence electrons. The third-order valence-electron chi connectivity index (χ3n) is 4.73. The maximum Gasteiger partial charge on any atom is 0.322 e. The first-order valence-electron chi connectivity index (χ1n) is 9.23. The van der Waals surface area contributed by atoms with Crippen LogP contribution in [0.2, 0.25) is 0 Å². The van der Waals surface area contributed by atoms with E-state index in [1.54, 1.807) is 0 Å². The number of nitrogens with zero attached hydrogens (tertiary/aromatic N) is 3. The van der Waals surface area contributed by atoms with Crippen LogP contribution in [0.3, 0.4) is 0 Å². The molecule has 4 rings (SSSR count). The van der Waals surface area contributed by atoms with Crippen molar-refractivity contribution in [2.24, 2.45) is 0 Å². The number of anilines is 1. The molecule has 28 heavy (non-hydrogen) atoms. The molecule has 0 spiro atoms. The van der Waals surface area contributed by atoms with Gasteiger partial charge in [0.25, 0.3) is 5.91 Å².